The van der Waals surface area contributed by atoms with E-state index in [0.717, 1.165) is 11.1 Å². The summed E-state index contributed by atoms with van der Waals surface area (Å²) < 4.78 is 0. The summed E-state index contributed by atoms with van der Waals surface area (Å²) in [5.41, 5.74) is 4.19. The number of nitrogens with zero attached hydrogens (tertiary/aromatic N) is 2. The van der Waals surface area contributed by atoms with Crippen LogP contribution in [0, 0.1) is 0 Å². The maximum Gasteiger partial charge on any atom is 0.270 e. The SMILES string of the molecule is NNC(=O)c1cnc(-c2cccc(Cl)c2)nc1NCc1ccccc1. The molecular formula is C18H16ClN5O. The Hall–Kier alpha value is -2.96. The van der Waals surface area contributed by atoms with Crippen molar-refractivity contribution in [2.75, 3.05) is 5.32 Å². The molecule has 0 spiro atoms. The number of hydrogen-bond acceptors (Lipinski definition) is 5. The maximum atomic E-state index is 12.0. The first-order valence-corrected chi connectivity index (χ1v) is 7.97. The van der Waals surface area contributed by atoms with Crippen LogP contribution in [-0.2, 0) is 6.54 Å². The molecule has 0 saturated heterocycles. The number of carbonyl (C=O) groups is 1. The molecule has 0 bridgehead atoms. The lowest BCUT2D eigenvalue weighted by atomic mass is 10.2. The summed E-state index contributed by atoms with van der Waals surface area (Å²) in [6.45, 7) is 0.512. The van der Waals surface area contributed by atoms with E-state index in [0.29, 0.717) is 23.2 Å². The summed E-state index contributed by atoms with van der Waals surface area (Å²) in [6, 6.07) is 17.0. The Bertz CT molecular complexity index is 886. The predicted molar refractivity (Wildman–Crippen MR) is 97.9 cm³/mol. The number of hydrazine groups is 1. The summed E-state index contributed by atoms with van der Waals surface area (Å²) in [5.74, 6) is 5.65. The van der Waals surface area contributed by atoms with Crippen molar-refractivity contribution in [2.45, 2.75) is 6.54 Å². The number of aromatic nitrogens is 2. The first-order valence-electron chi connectivity index (χ1n) is 7.59. The van der Waals surface area contributed by atoms with Gasteiger partial charge in [0.05, 0.1) is 0 Å². The molecule has 3 rings (SSSR count). The Morgan fingerprint density at radius 2 is 1.92 bits per heavy atom. The largest absolute Gasteiger partial charge is 0.365 e. The zero-order valence-corrected chi connectivity index (χ0v) is 14.0. The molecule has 0 fully saturated rings. The van der Waals surface area contributed by atoms with Crippen molar-refractivity contribution in [1.82, 2.24) is 15.4 Å². The molecule has 0 radical (unpaired) electrons. The van der Waals surface area contributed by atoms with Crippen LogP contribution in [0.4, 0.5) is 5.82 Å². The molecular weight excluding hydrogens is 338 g/mol. The van der Waals surface area contributed by atoms with E-state index >= 15 is 0 Å². The van der Waals surface area contributed by atoms with Crippen molar-refractivity contribution < 1.29 is 4.79 Å². The van der Waals surface area contributed by atoms with E-state index in [1.165, 1.54) is 6.20 Å². The van der Waals surface area contributed by atoms with Crippen molar-refractivity contribution in [3.8, 4) is 11.4 Å². The molecule has 1 heterocycles. The van der Waals surface area contributed by atoms with E-state index in [1.54, 1.807) is 12.1 Å². The minimum Gasteiger partial charge on any atom is -0.365 e. The zero-order valence-electron chi connectivity index (χ0n) is 13.2. The molecule has 25 heavy (non-hydrogen) atoms. The molecule has 0 unspecified atom stereocenters. The van der Waals surface area contributed by atoms with Crippen LogP contribution in [0.3, 0.4) is 0 Å². The molecule has 1 amide bonds. The summed E-state index contributed by atoms with van der Waals surface area (Å²) >= 11 is 6.03. The highest BCUT2D eigenvalue weighted by Crippen LogP contribution is 2.22. The maximum absolute atomic E-state index is 12.0. The minimum atomic E-state index is -0.465. The fraction of sp³-hybridized carbons (Fsp3) is 0.0556. The van der Waals surface area contributed by atoms with E-state index < -0.39 is 5.91 Å². The highest BCUT2D eigenvalue weighted by atomic mass is 35.5. The Morgan fingerprint density at radius 1 is 1.12 bits per heavy atom. The van der Waals surface area contributed by atoms with Gasteiger partial charge >= 0.3 is 0 Å². The summed E-state index contributed by atoms with van der Waals surface area (Å²) in [7, 11) is 0. The molecule has 3 aromatic rings. The van der Waals surface area contributed by atoms with Crippen LogP contribution in [0.25, 0.3) is 11.4 Å². The van der Waals surface area contributed by atoms with E-state index in [4.69, 9.17) is 17.4 Å². The van der Waals surface area contributed by atoms with Gasteiger partial charge in [0.25, 0.3) is 5.91 Å². The van der Waals surface area contributed by atoms with E-state index in [-0.39, 0.29) is 5.56 Å². The van der Waals surface area contributed by atoms with Crippen molar-refractivity contribution in [2.24, 2.45) is 5.84 Å². The first kappa shape index (κ1) is 16.9. The van der Waals surface area contributed by atoms with Crippen LogP contribution >= 0.6 is 11.6 Å². The normalized spacial score (nSPS) is 10.3. The van der Waals surface area contributed by atoms with Gasteiger partial charge in [-0.1, -0.05) is 54.1 Å². The second-order valence-corrected chi connectivity index (χ2v) is 5.72. The summed E-state index contributed by atoms with van der Waals surface area (Å²) in [5, 5.41) is 3.76. The van der Waals surface area contributed by atoms with E-state index in [9.17, 15) is 4.79 Å². The number of nitrogens with one attached hydrogen (secondary N) is 2. The van der Waals surface area contributed by atoms with Crippen molar-refractivity contribution >= 4 is 23.3 Å². The van der Waals surface area contributed by atoms with Crippen molar-refractivity contribution in [3.63, 3.8) is 0 Å². The Morgan fingerprint density at radius 3 is 2.64 bits per heavy atom. The van der Waals surface area contributed by atoms with Gasteiger partial charge in [0.1, 0.15) is 11.4 Å². The molecule has 7 heteroatoms. The van der Waals surface area contributed by atoms with Crippen LogP contribution in [0.15, 0.2) is 60.8 Å². The minimum absolute atomic E-state index is 0.268. The smallest absolute Gasteiger partial charge is 0.270 e. The quantitative estimate of drug-likeness (QED) is 0.372. The Labute approximate surface area is 150 Å². The van der Waals surface area contributed by atoms with Gasteiger partial charge in [-0.05, 0) is 17.7 Å². The van der Waals surface area contributed by atoms with Crippen LogP contribution in [-0.4, -0.2) is 15.9 Å². The predicted octanol–water partition coefficient (Wildman–Crippen LogP) is 3.01. The monoisotopic (exact) mass is 353 g/mol. The lowest BCUT2D eigenvalue weighted by Gasteiger charge is -2.12. The van der Waals surface area contributed by atoms with Gasteiger partial charge in [-0.15, -0.1) is 0 Å². The highest BCUT2D eigenvalue weighted by molar-refractivity contribution is 6.30. The van der Waals surface area contributed by atoms with E-state index in [1.807, 2.05) is 42.5 Å². The number of rotatable bonds is 5. The van der Waals surface area contributed by atoms with Gasteiger partial charge in [-0.3, -0.25) is 10.2 Å². The number of nitrogens with two attached hydrogens (primary N) is 1. The van der Waals surface area contributed by atoms with Gasteiger partial charge in [0, 0.05) is 23.3 Å². The molecule has 0 atom stereocenters. The molecule has 0 saturated carbocycles. The fourth-order valence-corrected chi connectivity index (χ4v) is 2.50. The lowest BCUT2D eigenvalue weighted by molar-refractivity contribution is 0.0954. The number of amides is 1. The summed E-state index contributed by atoms with van der Waals surface area (Å²) in [6.07, 6.45) is 1.44. The average molecular weight is 354 g/mol. The van der Waals surface area contributed by atoms with Crippen LogP contribution < -0.4 is 16.6 Å². The standard InChI is InChI=1S/C18H16ClN5O/c19-14-8-4-7-13(9-14)16-22-11-15(18(25)24-20)17(23-16)21-10-12-5-2-1-3-6-12/h1-9,11H,10,20H2,(H,24,25)(H,21,22,23). The zero-order chi connectivity index (χ0) is 17.6. The molecule has 6 nitrogen and oxygen atoms in total. The number of halogens is 1. The number of anilines is 1. The Kier molecular flexibility index (Phi) is 5.23. The molecule has 0 aliphatic carbocycles. The van der Waals surface area contributed by atoms with Gasteiger partial charge in [0.15, 0.2) is 5.82 Å². The third-order valence-electron chi connectivity index (χ3n) is 3.55. The van der Waals surface area contributed by atoms with Crippen molar-refractivity contribution in [1.29, 1.82) is 0 Å². The lowest BCUT2D eigenvalue weighted by Crippen LogP contribution is -2.31. The van der Waals surface area contributed by atoms with Gasteiger partial charge in [0.2, 0.25) is 0 Å². The number of benzene rings is 2. The number of carbonyl (C=O) groups excluding carboxylic acids is 1. The third-order valence-corrected chi connectivity index (χ3v) is 3.79. The Balaban J connectivity index is 1.94. The van der Waals surface area contributed by atoms with Crippen LogP contribution in [0.1, 0.15) is 15.9 Å². The van der Waals surface area contributed by atoms with E-state index in [2.05, 4.69) is 20.7 Å². The van der Waals surface area contributed by atoms with Crippen LogP contribution in [0.2, 0.25) is 5.02 Å². The third kappa shape index (κ3) is 4.12. The number of hydrogen-bond donors (Lipinski definition) is 3. The fourth-order valence-electron chi connectivity index (χ4n) is 2.31. The second-order valence-electron chi connectivity index (χ2n) is 5.28. The van der Waals surface area contributed by atoms with Gasteiger partial charge < -0.3 is 5.32 Å². The molecule has 4 N–H and O–H groups in total. The van der Waals surface area contributed by atoms with Crippen molar-refractivity contribution in [3.05, 3.63) is 76.9 Å². The molecule has 1 aromatic heterocycles. The molecule has 0 aliphatic heterocycles. The average Bonchev–Trinajstić information content (AvgIpc) is 2.66. The molecule has 2 aromatic carbocycles. The summed E-state index contributed by atoms with van der Waals surface area (Å²) in [4.78, 5) is 20.7. The first-order chi connectivity index (χ1) is 12.2. The van der Waals surface area contributed by atoms with Gasteiger partial charge in [-0.2, -0.15) is 0 Å². The topological polar surface area (TPSA) is 92.9 Å². The second kappa shape index (κ2) is 7.74. The molecule has 0 aliphatic rings. The van der Waals surface area contributed by atoms with Crippen LogP contribution in [0.5, 0.6) is 0 Å². The number of nitrogen functional groups attached to an aromatic ring is 1. The molecule has 126 valence electrons. The highest BCUT2D eigenvalue weighted by Gasteiger charge is 2.14. The van der Waals surface area contributed by atoms with Gasteiger partial charge in [-0.25, -0.2) is 15.8 Å².